The van der Waals surface area contributed by atoms with Crippen molar-refractivity contribution in [3.63, 3.8) is 0 Å². The average molecular weight is 395 g/mol. The van der Waals surface area contributed by atoms with Crippen LogP contribution < -0.4 is 5.56 Å². The molecule has 0 unspecified atom stereocenters. The highest BCUT2D eigenvalue weighted by Crippen LogP contribution is 2.39. The van der Waals surface area contributed by atoms with Gasteiger partial charge in [-0.2, -0.15) is 0 Å². The maximum atomic E-state index is 12.9. The van der Waals surface area contributed by atoms with E-state index in [4.69, 9.17) is 0 Å². The molecule has 0 aromatic carbocycles. The first-order chi connectivity index (χ1) is 14.0. The number of carbonyl (C=O) groups is 2. The van der Waals surface area contributed by atoms with Crippen LogP contribution in [-0.2, 0) is 11.3 Å². The molecule has 0 bridgehead atoms. The Morgan fingerprint density at radius 2 is 2.07 bits per heavy atom. The van der Waals surface area contributed by atoms with E-state index in [2.05, 4.69) is 15.0 Å². The Bertz CT molecular complexity index is 971. The molecule has 1 N–H and O–H groups in total. The summed E-state index contributed by atoms with van der Waals surface area (Å²) in [6.07, 6.45) is 7.99. The fraction of sp³-hybridized carbons (Fsp3) is 0.476. The molecule has 2 aromatic heterocycles. The SMILES string of the molecule is Cc1cnc(CN2C[C@]3(CCCN(C(=O)c4ccc[nH]c4=O)C3)CCC2=O)cn1. The number of pyridine rings is 1. The van der Waals surface area contributed by atoms with Gasteiger partial charge in [0.25, 0.3) is 11.5 Å². The van der Waals surface area contributed by atoms with Crippen LogP contribution in [0.1, 0.15) is 47.4 Å². The Kier molecular flexibility index (Phi) is 5.17. The summed E-state index contributed by atoms with van der Waals surface area (Å²) in [6.45, 7) is 4.09. The monoisotopic (exact) mass is 395 g/mol. The molecule has 2 fully saturated rings. The molecule has 152 valence electrons. The summed E-state index contributed by atoms with van der Waals surface area (Å²) in [7, 11) is 0. The van der Waals surface area contributed by atoms with Crippen molar-refractivity contribution >= 4 is 11.8 Å². The van der Waals surface area contributed by atoms with E-state index >= 15 is 0 Å². The first-order valence-electron chi connectivity index (χ1n) is 9.98. The predicted octanol–water partition coefficient (Wildman–Crippen LogP) is 1.52. The first-order valence-corrected chi connectivity index (χ1v) is 9.98. The van der Waals surface area contributed by atoms with Crippen molar-refractivity contribution in [1.82, 2.24) is 24.8 Å². The van der Waals surface area contributed by atoms with Gasteiger partial charge in [0, 0.05) is 43.9 Å². The van der Waals surface area contributed by atoms with Gasteiger partial charge in [0.15, 0.2) is 0 Å². The number of rotatable bonds is 3. The zero-order chi connectivity index (χ0) is 20.4. The van der Waals surface area contributed by atoms with E-state index in [0.29, 0.717) is 32.6 Å². The minimum absolute atomic E-state index is 0.112. The van der Waals surface area contributed by atoms with Crippen LogP contribution in [0, 0.1) is 12.3 Å². The standard InChI is InChI=1S/C21H25N5O3/c1-15-10-24-16(11-23-15)12-26-14-21(7-5-18(26)27)6-3-9-25(13-21)20(29)17-4-2-8-22-19(17)28/h2,4,8,10-11H,3,5-7,9,12-14H2,1H3,(H,22,28)/t21-/m1/s1. The summed E-state index contributed by atoms with van der Waals surface area (Å²) in [5, 5.41) is 0. The number of piperidine rings is 2. The van der Waals surface area contributed by atoms with E-state index < -0.39 is 0 Å². The topological polar surface area (TPSA) is 99.3 Å². The lowest BCUT2D eigenvalue weighted by Crippen LogP contribution is -2.55. The van der Waals surface area contributed by atoms with Crippen LogP contribution in [0.25, 0.3) is 0 Å². The van der Waals surface area contributed by atoms with Gasteiger partial charge in [-0.25, -0.2) is 0 Å². The number of hydrogen-bond acceptors (Lipinski definition) is 5. The van der Waals surface area contributed by atoms with Crippen molar-refractivity contribution in [2.24, 2.45) is 5.41 Å². The number of H-pyrrole nitrogens is 1. The molecule has 2 aromatic rings. The highest BCUT2D eigenvalue weighted by Gasteiger charge is 2.43. The van der Waals surface area contributed by atoms with Gasteiger partial charge in [0.05, 0.1) is 24.1 Å². The molecule has 2 aliphatic heterocycles. The molecule has 2 amide bonds. The van der Waals surface area contributed by atoms with Crippen LogP contribution in [0.3, 0.4) is 0 Å². The minimum Gasteiger partial charge on any atom is -0.338 e. The summed E-state index contributed by atoms with van der Waals surface area (Å²) in [5.74, 6) is -0.125. The summed E-state index contributed by atoms with van der Waals surface area (Å²) in [6, 6.07) is 3.23. The molecule has 2 aliphatic rings. The van der Waals surface area contributed by atoms with Crippen LogP contribution in [0.5, 0.6) is 0 Å². The lowest BCUT2D eigenvalue weighted by Gasteiger charge is -2.48. The molecular weight excluding hydrogens is 370 g/mol. The summed E-state index contributed by atoms with van der Waals surface area (Å²) < 4.78 is 0. The number of nitrogens with one attached hydrogen (secondary N) is 1. The van der Waals surface area contributed by atoms with Gasteiger partial charge in [0.2, 0.25) is 5.91 Å². The largest absolute Gasteiger partial charge is 0.338 e. The van der Waals surface area contributed by atoms with Gasteiger partial charge < -0.3 is 14.8 Å². The maximum Gasteiger partial charge on any atom is 0.260 e. The van der Waals surface area contributed by atoms with Crippen molar-refractivity contribution in [2.45, 2.75) is 39.2 Å². The van der Waals surface area contributed by atoms with E-state index in [0.717, 1.165) is 30.7 Å². The fourth-order valence-electron chi connectivity index (χ4n) is 4.42. The van der Waals surface area contributed by atoms with E-state index in [-0.39, 0.29) is 28.4 Å². The second kappa shape index (κ2) is 7.77. The third-order valence-electron chi connectivity index (χ3n) is 5.93. The number of aryl methyl sites for hydroxylation is 1. The molecule has 4 heterocycles. The normalized spacial score (nSPS) is 22.2. The number of amides is 2. The quantitative estimate of drug-likeness (QED) is 0.849. The van der Waals surface area contributed by atoms with Gasteiger partial charge >= 0.3 is 0 Å². The average Bonchev–Trinajstić information content (AvgIpc) is 2.73. The van der Waals surface area contributed by atoms with E-state index in [1.54, 1.807) is 29.4 Å². The van der Waals surface area contributed by atoms with Crippen molar-refractivity contribution in [3.8, 4) is 0 Å². The molecule has 0 saturated carbocycles. The molecule has 0 radical (unpaired) electrons. The van der Waals surface area contributed by atoms with Crippen LogP contribution >= 0.6 is 0 Å². The minimum atomic E-state index is -0.365. The van der Waals surface area contributed by atoms with Crippen molar-refractivity contribution < 1.29 is 9.59 Å². The van der Waals surface area contributed by atoms with Gasteiger partial charge in [0.1, 0.15) is 5.56 Å². The summed E-state index contributed by atoms with van der Waals surface area (Å²) in [4.78, 5) is 52.3. The zero-order valence-corrected chi connectivity index (χ0v) is 16.6. The second-order valence-corrected chi connectivity index (χ2v) is 8.14. The predicted molar refractivity (Wildman–Crippen MR) is 106 cm³/mol. The Hall–Kier alpha value is -3.03. The molecule has 1 atom stereocenters. The Morgan fingerprint density at radius 3 is 2.83 bits per heavy atom. The van der Waals surface area contributed by atoms with Gasteiger partial charge in [-0.1, -0.05) is 0 Å². The number of likely N-dealkylation sites (tertiary alicyclic amines) is 2. The van der Waals surface area contributed by atoms with Crippen molar-refractivity contribution in [3.05, 3.63) is 58.0 Å². The Labute approximate surface area is 169 Å². The molecular formula is C21H25N5O3. The van der Waals surface area contributed by atoms with Gasteiger partial charge in [-0.15, -0.1) is 0 Å². The number of nitrogens with zero attached hydrogens (tertiary/aromatic N) is 4. The molecule has 8 heteroatoms. The third kappa shape index (κ3) is 4.06. The highest BCUT2D eigenvalue weighted by atomic mass is 16.2. The maximum absolute atomic E-state index is 12.9. The van der Waals surface area contributed by atoms with Crippen LogP contribution in [-0.4, -0.2) is 56.2 Å². The van der Waals surface area contributed by atoms with Crippen LogP contribution in [0.4, 0.5) is 0 Å². The highest BCUT2D eigenvalue weighted by molar-refractivity contribution is 5.94. The van der Waals surface area contributed by atoms with Crippen LogP contribution in [0.15, 0.2) is 35.5 Å². The van der Waals surface area contributed by atoms with E-state index in [1.165, 1.54) is 6.20 Å². The number of aromatic amines is 1. The molecule has 1 spiro atoms. The lowest BCUT2D eigenvalue weighted by molar-refractivity contribution is -0.139. The zero-order valence-electron chi connectivity index (χ0n) is 16.6. The fourth-order valence-corrected chi connectivity index (χ4v) is 4.42. The van der Waals surface area contributed by atoms with Gasteiger partial charge in [-0.05, 0) is 38.3 Å². The smallest absolute Gasteiger partial charge is 0.260 e. The summed E-state index contributed by atoms with van der Waals surface area (Å²) >= 11 is 0. The Balaban J connectivity index is 1.50. The van der Waals surface area contributed by atoms with Crippen molar-refractivity contribution in [2.75, 3.05) is 19.6 Å². The number of aromatic nitrogens is 3. The Morgan fingerprint density at radius 1 is 1.21 bits per heavy atom. The number of carbonyl (C=O) groups excluding carboxylic acids is 2. The van der Waals surface area contributed by atoms with Gasteiger partial charge in [-0.3, -0.25) is 24.4 Å². The number of hydrogen-bond donors (Lipinski definition) is 1. The molecule has 8 nitrogen and oxygen atoms in total. The molecule has 29 heavy (non-hydrogen) atoms. The van der Waals surface area contributed by atoms with Crippen LogP contribution in [0.2, 0.25) is 0 Å². The third-order valence-corrected chi connectivity index (χ3v) is 5.93. The van der Waals surface area contributed by atoms with Crippen molar-refractivity contribution in [1.29, 1.82) is 0 Å². The lowest BCUT2D eigenvalue weighted by atomic mass is 9.73. The van der Waals surface area contributed by atoms with E-state index in [9.17, 15) is 14.4 Å². The first kappa shape index (κ1) is 19.3. The molecule has 0 aliphatic carbocycles. The van der Waals surface area contributed by atoms with E-state index in [1.807, 2.05) is 11.8 Å². The molecule has 4 rings (SSSR count). The second-order valence-electron chi connectivity index (χ2n) is 8.14. The summed E-state index contributed by atoms with van der Waals surface area (Å²) in [5.41, 5.74) is 1.27. The molecule has 2 saturated heterocycles.